The first kappa shape index (κ1) is 20.6. The highest BCUT2D eigenvalue weighted by atomic mass is 16.5. The zero-order valence-electron chi connectivity index (χ0n) is 16.6. The van der Waals surface area contributed by atoms with Gasteiger partial charge in [-0.1, -0.05) is 49.7 Å². The molecule has 1 aliphatic rings. The molecule has 1 saturated heterocycles. The largest absolute Gasteiger partial charge is 0.452 e. The van der Waals surface area contributed by atoms with Gasteiger partial charge in [-0.3, -0.25) is 9.59 Å². The quantitative estimate of drug-likeness (QED) is 0.694. The molecule has 2 aromatic carbocycles. The zero-order valence-corrected chi connectivity index (χ0v) is 16.6. The highest BCUT2D eigenvalue weighted by molar-refractivity contribution is 5.97. The van der Waals surface area contributed by atoms with E-state index in [4.69, 9.17) is 4.74 Å². The van der Waals surface area contributed by atoms with E-state index in [2.05, 4.69) is 12.2 Å². The van der Waals surface area contributed by atoms with Crippen molar-refractivity contribution in [2.45, 2.75) is 38.6 Å². The molecule has 0 bridgehead atoms. The molecule has 29 heavy (non-hydrogen) atoms. The fourth-order valence-electron chi connectivity index (χ4n) is 3.47. The monoisotopic (exact) mass is 394 g/mol. The SMILES string of the molecule is CCC[C@@H](NC(=O)COC(=O)c1cccc(N2CCCC2=O)c1)c1ccccc1. The maximum atomic E-state index is 12.4. The Morgan fingerprint density at radius 2 is 1.93 bits per heavy atom. The summed E-state index contributed by atoms with van der Waals surface area (Å²) in [5.74, 6) is -0.871. The highest BCUT2D eigenvalue weighted by Crippen LogP contribution is 2.22. The van der Waals surface area contributed by atoms with Crippen molar-refractivity contribution in [3.63, 3.8) is 0 Å². The predicted octanol–water partition coefficient (Wildman–Crippen LogP) is 3.63. The van der Waals surface area contributed by atoms with Gasteiger partial charge in [0, 0.05) is 18.7 Å². The Morgan fingerprint density at radius 1 is 1.14 bits per heavy atom. The van der Waals surface area contributed by atoms with E-state index in [0.717, 1.165) is 24.8 Å². The van der Waals surface area contributed by atoms with E-state index in [-0.39, 0.29) is 24.5 Å². The topological polar surface area (TPSA) is 75.7 Å². The van der Waals surface area contributed by atoms with Crippen molar-refractivity contribution in [1.82, 2.24) is 5.32 Å². The van der Waals surface area contributed by atoms with Gasteiger partial charge in [-0.25, -0.2) is 4.79 Å². The number of carbonyl (C=O) groups is 3. The minimum atomic E-state index is -0.583. The average molecular weight is 394 g/mol. The van der Waals surface area contributed by atoms with Crippen LogP contribution in [0.1, 0.15) is 54.6 Å². The van der Waals surface area contributed by atoms with E-state index in [0.29, 0.717) is 24.2 Å². The van der Waals surface area contributed by atoms with Crippen molar-refractivity contribution in [3.05, 3.63) is 65.7 Å². The summed E-state index contributed by atoms with van der Waals surface area (Å²) in [6, 6.07) is 16.4. The molecule has 1 N–H and O–H groups in total. The molecule has 1 fully saturated rings. The highest BCUT2D eigenvalue weighted by Gasteiger charge is 2.22. The molecule has 1 atom stereocenters. The van der Waals surface area contributed by atoms with Gasteiger partial charge >= 0.3 is 5.97 Å². The summed E-state index contributed by atoms with van der Waals surface area (Å²) in [6.07, 6.45) is 3.06. The van der Waals surface area contributed by atoms with Gasteiger partial charge < -0.3 is 15.0 Å². The lowest BCUT2D eigenvalue weighted by Crippen LogP contribution is -2.32. The molecular formula is C23H26N2O4. The van der Waals surface area contributed by atoms with Crippen molar-refractivity contribution in [2.75, 3.05) is 18.1 Å². The summed E-state index contributed by atoms with van der Waals surface area (Å²) >= 11 is 0. The van der Waals surface area contributed by atoms with Crippen LogP contribution in [0.15, 0.2) is 54.6 Å². The molecule has 2 amide bonds. The van der Waals surface area contributed by atoms with Crippen LogP contribution in [0.5, 0.6) is 0 Å². The van der Waals surface area contributed by atoms with Crippen molar-refractivity contribution in [2.24, 2.45) is 0 Å². The van der Waals surface area contributed by atoms with Crippen LogP contribution in [0, 0.1) is 0 Å². The number of hydrogen-bond donors (Lipinski definition) is 1. The summed E-state index contributed by atoms with van der Waals surface area (Å²) in [5, 5.41) is 2.93. The van der Waals surface area contributed by atoms with E-state index in [9.17, 15) is 14.4 Å². The molecular weight excluding hydrogens is 368 g/mol. The Hall–Kier alpha value is -3.15. The number of nitrogens with one attached hydrogen (secondary N) is 1. The second kappa shape index (κ2) is 9.87. The first-order valence-corrected chi connectivity index (χ1v) is 10.0. The van der Waals surface area contributed by atoms with Crippen molar-refractivity contribution in [1.29, 1.82) is 0 Å². The molecule has 152 valence electrons. The van der Waals surface area contributed by atoms with Gasteiger partial charge in [-0.2, -0.15) is 0 Å². The Kier molecular flexibility index (Phi) is 7.00. The average Bonchev–Trinajstić information content (AvgIpc) is 3.18. The lowest BCUT2D eigenvalue weighted by Gasteiger charge is -2.19. The van der Waals surface area contributed by atoms with Crippen molar-refractivity contribution >= 4 is 23.5 Å². The lowest BCUT2D eigenvalue weighted by molar-refractivity contribution is -0.125. The van der Waals surface area contributed by atoms with Crippen LogP contribution in [0.3, 0.4) is 0 Å². The Balaban J connectivity index is 1.57. The summed E-state index contributed by atoms with van der Waals surface area (Å²) in [4.78, 5) is 38.3. The third kappa shape index (κ3) is 5.44. The molecule has 0 saturated carbocycles. The number of anilines is 1. The normalized spacial score (nSPS) is 14.5. The molecule has 0 spiro atoms. The molecule has 0 unspecified atom stereocenters. The van der Waals surface area contributed by atoms with Gasteiger partial charge in [0.1, 0.15) is 0 Å². The van der Waals surface area contributed by atoms with Gasteiger partial charge in [-0.15, -0.1) is 0 Å². The smallest absolute Gasteiger partial charge is 0.338 e. The van der Waals surface area contributed by atoms with Crippen LogP contribution in [-0.4, -0.2) is 30.9 Å². The number of carbonyl (C=O) groups excluding carboxylic acids is 3. The number of amides is 2. The molecule has 1 heterocycles. The van der Waals surface area contributed by atoms with Crippen molar-refractivity contribution in [3.8, 4) is 0 Å². The third-order valence-corrected chi connectivity index (χ3v) is 4.92. The van der Waals surface area contributed by atoms with Crippen LogP contribution >= 0.6 is 0 Å². The first-order chi connectivity index (χ1) is 14.1. The fourth-order valence-corrected chi connectivity index (χ4v) is 3.47. The minimum Gasteiger partial charge on any atom is -0.452 e. The van der Waals surface area contributed by atoms with Gasteiger partial charge in [0.15, 0.2) is 6.61 Å². The minimum absolute atomic E-state index is 0.0535. The lowest BCUT2D eigenvalue weighted by atomic mass is 10.0. The fraction of sp³-hybridized carbons (Fsp3) is 0.348. The molecule has 6 nitrogen and oxygen atoms in total. The van der Waals surface area contributed by atoms with E-state index >= 15 is 0 Å². The number of rotatable bonds is 8. The molecule has 0 aromatic heterocycles. The Labute approximate surface area is 170 Å². The van der Waals surface area contributed by atoms with E-state index < -0.39 is 5.97 Å². The number of benzene rings is 2. The van der Waals surface area contributed by atoms with E-state index in [1.165, 1.54) is 0 Å². The Bertz CT molecular complexity index is 866. The first-order valence-electron chi connectivity index (χ1n) is 10.0. The summed E-state index contributed by atoms with van der Waals surface area (Å²) in [6.45, 7) is 2.36. The maximum absolute atomic E-state index is 12.4. The van der Waals surface area contributed by atoms with E-state index in [1.54, 1.807) is 29.2 Å². The summed E-state index contributed by atoms with van der Waals surface area (Å²) < 4.78 is 5.19. The number of esters is 1. The molecule has 0 radical (unpaired) electrons. The standard InChI is InChI=1S/C23H26N2O4/c1-2-8-20(17-9-4-3-5-10-17)24-21(26)16-29-23(28)18-11-6-12-19(15-18)25-14-7-13-22(25)27/h3-6,9-12,15,20H,2,7-8,13-14,16H2,1H3,(H,24,26)/t20-/m1/s1. The number of nitrogens with zero attached hydrogens (tertiary/aromatic N) is 1. The molecule has 0 aliphatic carbocycles. The third-order valence-electron chi connectivity index (χ3n) is 4.92. The van der Waals surface area contributed by atoms with Crippen LogP contribution in [0.25, 0.3) is 0 Å². The van der Waals surface area contributed by atoms with E-state index in [1.807, 2.05) is 30.3 Å². The van der Waals surface area contributed by atoms with Gasteiger partial charge in [0.2, 0.25) is 5.91 Å². The molecule has 6 heteroatoms. The molecule has 2 aromatic rings. The second-order valence-electron chi connectivity index (χ2n) is 7.09. The van der Waals surface area contributed by atoms with Crippen LogP contribution < -0.4 is 10.2 Å². The molecule has 1 aliphatic heterocycles. The van der Waals surface area contributed by atoms with Crippen molar-refractivity contribution < 1.29 is 19.1 Å². The molecule has 3 rings (SSSR count). The zero-order chi connectivity index (χ0) is 20.6. The van der Waals surface area contributed by atoms with Crippen LogP contribution in [-0.2, 0) is 14.3 Å². The maximum Gasteiger partial charge on any atom is 0.338 e. The summed E-state index contributed by atoms with van der Waals surface area (Å²) in [5.41, 5.74) is 2.03. The van der Waals surface area contributed by atoms with Gasteiger partial charge in [-0.05, 0) is 36.6 Å². The number of hydrogen-bond acceptors (Lipinski definition) is 4. The van der Waals surface area contributed by atoms with Gasteiger partial charge in [0.05, 0.1) is 11.6 Å². The van der Waals surface area contributed by atoms with Gasteiger partial charge in [0.25, 0.3) is 5.91 Å². The van der Waals surface area contributed by atoms with Crippen LogP contribution in [0.4, 0.5) is 5.69 Å². The summed E-state index contributed by atoms with van der Waals surface area (Å²) in [7, 11) is 0. The Morgan fingerprint density at radius 3 is 2.62 bits per heavy atom. The number of ether oxygens (including phenoxy) is 1. The van der Waals surface area contributed by atoms with Crippen LogP contribution in [0.2, 0.25) is 0 Å². The predicted molar refractivity (Wildman–Crippen MR) is 111 cm³/mol. The second-order valence-corrected chi connectivity index (χ2v) is 7.09.